The summed E-state index contributed by atoms with van der Waals surface area (Å²) in [4.78, 5) is 42.8. The van der Waals surface area contributed by atoms with Crippen LogP contribution < -0.4 is 0 Å². The number of ketones is 1. The van der Waals surface area contributed by atoms with Gasteiger partial charge in [-0.25, -0.2) is 9.59 Å². The molecule has 0 heterocycles. The molecule has 1 aromatic rings. The molecule has 1 rings (SSSR count). The van der Waals surface area contributed by atoms with E-state index in [4.69, 9.17) is 4.74 Å². The van der Waals surface area contributed by atoms with Crippen LogP contribution in [-0.4, -0.2) is 30.9 Å². The number of carbonyl (C=O) groups excluding carboxylic acids is 3. The maximum absolute atomic E-state index is 11.6. The molecule has 0 radical (unpaired) electrons. The molecule has 0 aliphatic rings. The van der Waals surface area contributed by atoms with Crippen LogP contribution in [0, 0.1) is 0 Å². The van der Waals surface area contributed by atoms with Gasteiger partial charge in [-0.05, 0) is 0 Å². The Morgan fingerprint density at radius 2 is 1.77 bits per heavy atom. The average Bonchev–Trinajstić information content (AvgIpc) is 2.56. The Bertz CT molecular complexity index is 548. The minimum absolute atomic E-state index is 0.104. The summed E-state index contributed by atoms with van der Waals surface area (Å²) in [7, 11) is 0. The van der Waals surface area contributed by atoms with E-state index in [1.165, 1.54) is 12.1 Å². The van der Waals surface area contributed by atoms with Crippen molar-refractivity contribution in [3.05, 3.63) is 61.1 Å². The lowest BCUT2D eigenvalue weighted by atomic mass is 10.1. The molecule has 0 aliphatic carbocycles. The molecule has 0 amide bonds. The normalized spacial score (nSPS) is 10.0. The Kier molecular flexibility index (Phi) is 7.70. The molecule has 0 saturated heterocycles. The lowest BCUT2D eigenvalue weighted by molar-refractivity contribution is -0.255. The summed E-state index contributed by atoms with van der Waals surface area (Å²) in [5.74, 6) is -2.36. The van der Waals surface area contributed by atoms with Gasteiger partial charge in [0.1, 0.15) is 19.5 Å². The maximum Gasteiger partial charge on any atom is 0.379 e. The summed E-state index contributed by atoms with van der Waals surface area (Å²) in [6.45, 7) is 2.92. The van der Waals surface area contributed by atoms with Crippen LogP contribution in [0.1, 0.15) is 10.4 Å². The minimum Gasteiger partial charge on any atom is -0.457 e. The third-order valence-corrected chi connectivity index (χ3v) is 2.15. The van der Waals surface area contributed by atoms with Crippen molar-refractivity contribution < 1.29 is 33.6 Å². The Balaban J connectivity index is 2.14. The van der Waals surface area contributed by atoms with Gasteiger partial charge in [0, 0.05) is 11.6 Å². The third-order valence-electron chi connectivity index (χ3n) is 2.15. The van der Waals surface area contributed by atoms with Crippen LogP contribution in [-0.2, 0) is 28.8 Å². The molecule has 116 valence electrons. The predicted molar refractivity (Wildman–Crippen MR) is 74.2 cm³/mol. The molecule has 7 nitrogen and oxygen atoms in total. The van der Waals surface area contributed by atoms with Crippen molar-refractivity contribution in [1.82, 2.24) is 0 Å². The van der Waals surface area contributed by atoms with Gasteiger partial charge in [-0.1, -0.05) is 36.9 Å². The van der Waals surface area contributed by atoms with Gasteiger partial charge in [0.15, 0.2) is 6.26 Å². The quantitative estimate of drug-likeness (QED) is 0.0999. The number of ether oxygens (including phenoxy) is 2. The highest BCUT2D eigenvalue weighted by molar-refractivity contribution is 6.40. The summed E-state index contributed by atoms with van der Waals surface area (Å²) < 4.78 is 9.15. The van der Waals surface area contributed by atoms with Crippen LogP contribution in [0.3, 0.4) is 0 Å². The number of rotatable bonds is 9. The molecule has 0 unspecified atom stereocenters. The van der Waals surface area contributed by atoms with Gasteiger partial charge in [0.2, 0.25) is 0 Å². The largest absolute Gasteiger partial charge is 0.457 e. The highest BCUT2D eigenvalue weighted by Gasteiger charge is 2.17. The fraction of sp³-hybridized carbons (Fsp3) is 0.133. The van der Waals surface area contributed by atoms with Crippen LogP contribution >= 0.6 is 0 Å². The van der Waals surface area contributed by atoms with Gasteiger partial charge in [-0.3, -0.25) is 4.79 Å². The van der Waals surface area contributed by atoms with E-state index in [9.17, 15) is 14.4 Å². The van der Waals surface area contributed by atoms with Crippen molar-refractivity contribution >= 4 is 17.7 Å². The van der Waals surface area contributed by atoms with Crippen LogP contribution in [0.15, 0.2) is 55.5 Å². The standard InChI is InChI=1S/C15H14O7/c1-2-13(16)19-8-10-21-22-11-9-20-15(18)14(17)12-6-4-3-5-7-12/h2-8,10H,1,9,11H2/b10-8-. The van der Waals surface area contributed by atoms with Crippen molar-refractivity contribution in [2.75, 3.05) is 13.2 Å². The van der Waals surface area contributed by atoms with E-state index in [0.29, 0.717) is 0 Å². The fourth-order valence-electron chi connectivity index (χ4n) is 1.19. The second-order valence-electron chi connectivity index (χ2n) is 3.66. The molecule has 0 fully saturated rings. The van der Waals surface area contributed by atoms with Crippen molar-refractivity contribution in [2.45, 2.75) is 0 Å². The first-order chi connectivity index (χ1) is 10.6. The van der Waals surface area contributed by atoms with Crippen molar-refractivity contribution in [1.29, 1.82) is 0 Å². The van der Waals surface area contributed by atoms with E-state index in [0.717, 1.165) is 18.6 Å². The van der Waals surface area contributed by atoms with Gasteiger partial charge in [0.05, 0.1) is 0 Å². The topological polar surface area (TPSA) is 88.1 Å². The molecule has 0 atom stereocenters. The smallest absolute Gasteiger partial charge is 0.379 e. The monoisotopic (exact) mass is 306 g/mol. The number of hydrogen-bond donors (Lipinski definition) is 0. The van der Waals surface area contributed by atoms with E-state index < -0.39 is 17.7 Å². The molecule has 1 aromatic carbocycles. The zero-order valence-electron chi connectivity index (χ0n) is 11.6. The Labute approximate surface area is 126 Å². The predicted octanol–water partition coefficient (Wildman–Crippen LogP) is 1.56. The number of esters is 2. The fourth-order valence-corrected chi connectivity index (χ4v) is 1.19. The zero-order valence-corrected chi connectivity index (χ0v) is 11.6. The van der Waals surface area contributed by atoms with E-state index >= 15 is 0 Å². The number of hydrogen-bond acceptors (Lipinski definition) is 7. The third kappa shape index (κ3) is 6.49. The molecule has 22 heavy (non-hydrogen) atoms. The number of carbonyl (C=O) groups is 3. The average molecular weight is 306 g/mol. The maximum atomic E-state index is 11.6. The van der Waals surface area contributed by atoms with Gasteiger partial charge in [0.25, 0.3) is 5.78 Å². The Hall–Kier alpha value is -2.93. The van der Waals surface area contributed by atoms with Crippen molar-refractivity contribution in [2.24, 2.45) is 0 Å². The summed E-state index contributed by atoms with van der Waals surface area (Å²) in [6.07, 6.45) is 2.90. The van der Waals surface area contributed by atoms with Gasteiger partial charge >= 0.3 is 11.9 Å². The molecular formula is C15H14O7. The molecule has 0 N–H and O–H groups in total. The highest BCUT2D eigenvalue weighted by atomic mass is 17.2. The summed E-state index contributed by atoms with van der Waals surface area (Å²) in [5, 5.41) is 0. The Morgan fingerprint density at radius 3 is 2.45 bits per heavy atom. The summed E-state index contributed by atoms with van der Waals surface area (Å²) >= 11 is 0. The van der Waals surface area contributed by atoms with Crippen LogP contribution in [0.2, 0.25) is 0 Å². The minimum atomic E-state index is -0.981. The van der Waals surface area contributed by atoms with Crippen LogP contribution in [0.5, 0.6) is 0 Å². The van der Waals surface area contributed by atoms with Gasteiger partial charge < -0.3 is 14.4 Å². The number of Topliss-reactive ketones (excluding diaryl/α,β-unsaturated/α-hetero) is 1. The molecule has 0 bridgehead atoms. The first-order valence-electron chi connectivity index (χ1n) is 6.18. The molecule has 0 aliphatic heterocycles. The van der Waals surface area contributed by atoms with E-state index in [2.05, 4.69) is 21.1 Å². The van der Waals surface area contributed by atoms with E-state index in [1.54, 1.807) is 18.2 Å². The second-order valence-corrected chi connectivity index (χ2v) is 3.66. The molecule has 0 aromatic heterocycles. The SMILES string of the molecule is C=CC(=O)O/C=C\OOCCOC(=O)C(=O)c1ccccc1. The van der Waals surface area contributed by atoms with E-state index in [1.807, 2.05) is 0 Å². The molecule has 7 heteroatoms. The van der Waals surface area contributed by atoms with Crippen LogP contribution in [0.4, 0.5) is 0 Å². The number of benzene rings is 1. The van der Waals surface area contributed by atoms with Crippen molar-refractivity contribution in [3.63, 3.8) is 0 Å². The summed E-state index contributed by atoms with van der Waals surface area (Å²) in [5.41, 5.74) is 0.247. The van der Waals surface area contributed by atoms with Gasteiger partial charge in [-0.15, -0.1) is 0 Å². The van der Waals surface area contributed by atoms with E-state index in [-0.39, 0.29) is 18.8 Å². The van der Waals surface area contributed by atoms with Crippen LogP contribution in [0.25, 0.3) is 0 Å². The molecule has 0 spiro atoms. The Morgan fingerprint density at radius 1 is 1.05 bits per heavy atom. The van der Waals surface area contributed by atoms with Gasteiger partial charge in [-0.2, -0.15) is 4.89 Å². The molecular weight excluding hydrogens is 292 g/mol. The lowest BCUT2D eigenvalue weighted by Gasteiger charge is -2.03. The van der Waals surface area contributed by atoms with Crippen molar-refractivity contribution in [3.8, 4) is 0 Å². The first-order valence-corrected chi connectivity index (χ1v) is 6.18. The first kappa shape index (κ1) is 17.1. The summed E-state index contributed by atoms with van der Waals surface area (Å²) in [6, 6.07) is 8.04. The highest BCUT2D eigenvalue weighted by Crippen LogP contribution is 2.01. The second kappa shape index (κ2) is 9.89. The lowest BCUT2D eigenvalue weighted by Crippen LogP contribution is -2.19. The molecule has 0 saturated carbocycles. The zero-order chi connectivity index (χ0) is 16.2.